The minimum Gasteiger partial charge on any atom is -0.496 e. The number of ether oxygens (including phenoxy) is 1. The van der Waals surface area contributed by atoms with Crippen molar-refractivity contribution in [2.45, 2.75) is 6.92 Å². The van der Waals surface area contributed by atoms with Crippen molar-refractivity contribution in [2.75, 3.05) is 7.11 Å². The molecular weight excluding hydrogens is 384 g/mol. The van der Waals surface area contributed by atoms with Crippen molar-refractivity contribution >= 4 is 30.4 Å². The van der Waals surface area contributed by atoms with Crippen LogP contribution in [0.5, 0.6) is 5.75 Å². The predicted octanol–water partition coefficient (Wildman–Crippen LogP) is 1.32. The minimum absolute atomic E-state index is 0.584. The molecule has 0 aromatic heterocycles. The van der Waals surface area contributed by atoms with Crippen LogP contribution < -0.4 is 18.7 Å². The van der Waals surface area contributed by atoms with Crippen molar-refractivity contribution in [1.82, 2.24) is 0 Å². The number of allylic oxidation sites excluding steroid dienone is 1. The van der Waals surface area contributed by atoms with Crippen molar-refractivity contribution in [3.05, 3.63) is 71.3 Å². The van der Waals surface area contributed by atoms with E-state index in [0.717, 1.165) is 16.0 Å². The lowest BCUT2D eigenvalue weighted by Crippen LogP contribution is -2.60. The number of para-hydroxylation sites is 1. The zero-order chi connectivity index (χ0) is 18.0. The van der Waals surface area contributed by atoms with Gasteiger partial charge in [-0.05, 0) is 35.4 Å². The third-order valence-corrected chi connectivity index (χ3v) is 7.90. The summed E-state index contributed by atoms with van der Waals surface area (Å²) in [7, 11) is -3.09. The van der Waals surface area contributed by atoms with E-state index in [0.29, 0.717) is 16.2 Å². The van der Waals surface area contributed by atoms with Crippen LogP contribution in [0.3, 0.4) is 0 Å². The lowest BCUT2D eigenvalue weighted by atomic mass is 10.1. The van der Waals surface area contributed by atoms with E-state index in [9.17, 15) is 14.0 Å². The molecule has 0 fully saturated rings. The highest BCUT2D eigenvalue weighted by Gasteiger charge is 2.32. The van der Waals surface area contributed by atoms with Gasteiger partial charge in [0.1, 0.15) is 9.49 Å². The van der Waals surface area contributed by atoms with Crippen LogP contribution in [0.2, 0.25) is 0 Å². The Morgan fingerprint density at radius 2 is 1.68 bits per heavy atom. The van der Waals surface area contributed by atoms with Crippen LogP contribution in [0.15, 0.2) is 54.6 Å². The first-order valence-electron chi connectivity index (χ1n) is 7.20. The first-order valence-corrected chi connectivity index (χ1v) is 10.9. The second-order valence-corrected chi connectivity index (χ2v) is 9.38. The number of halogens is 1. The number of hydrogen-bond donors (Lipinski definition) is 0. The maximum absolute atomic E-state index is 11.1. The van der Waals surface area contributed by atoms with Gasteiger partial charge in [-0.15, -0.1) is 0 Å². The zero-order valence-corrected chi connectivity index (χ0v) is 15.8. The molecule has 0 saturated carbocycles. The van der Waals surface area contributed by atoms with Gasteiger partial charge in [0, 0.05) is 10.5 Å². The van der Waals surface area contributed by atoms with Crippen molar-refractivity contribution in [1.29, 1.82) is 0 Å². The summed E-state index contributed by atoms with van der Waals surface area (Å²) in [4.78, 5) is 1.44. The average Bonchev–Trinajstić information content (AvgIpc) is 2.97. The molecule has 2 aromatic carbocycles. The lowest BCUT2D eigenvalue weighted by molar-refractivity contribution is -1.91. The van der Waals surface area contributed by atoms with E-state index >= 15 is 0 Å². The highest BCUT2D eigenvalue weighted by molar-refractivity contribution is 8.85. The monoisotopic (exact) mass is 398 g/mol. The molecule has 0 aliphatic carbocycles. The summed E-state index contributed by atoms with van der Waals surface area (Å²) in [6, 6.07) is 15.1. The van der Waals surface area contributed by atoms with Gasteiger partial charge in [-0.1, -0.05) is 48.0 Å². The van der Waals surface area contributed by atoms with Crippen molar-refractivity contribution in [2.24, 2.45) is 0 Å². The quantitative estimate of drug-likeness (QED) is 0.557. The number of rotatable bonds is 5. The third kappa shape index (κ3) is 4.45. The third-order valence-electron chi connectivity index (χ3n) is 3.45. The van der Waals surface area contributed by atoms with Crippen LogP contribution in [0, 0.1) is 17.2 Å². The Kier molecular flexibility index (Phi) is 5.55. The number of benzene rings is 2. The smallest absolute Gasteiger partial charge is 0.180 e. The van der Waals surface area contributed by atoms with Gasteiger partial charge in [0.15, 0.2) is 9.80 Å². The van der Waals surface area contributed by atoms with Crippen LogP contribution >= 0.6 is 20.6 Å². The van der Waals surface area contributed by atoms with Gasteiger partial charge in [-0.3, -0.25) is 0 Å². The minimum atomic E-state index is -4.54. The summed E-state index contributed by atoms with van der Waals surface area (Å²) < 4.78 is 43.5. The summed E-state index contributed by atoms with van der Waals surface area (Å²) in [6.45, 7) is 1.99. The molecule has 1 atom stereocenters. The maximum Gasteiger partial charge on any atom is 0.180 e. The molecule has 1 heterocycles. The molecule has 25 heavy (non-hydrogen) atoms. The van der Waals surface area contributed by atoms with Crippen LogP contribution in [0.25, 0.3) is 4.91 Å². The fourth-order valence-electron chi connectivity index (χ4n) is 2.30. The van der Waals surface area contributed by atoms with Crippen molar-refractivity contribution in [3.63, 3.8) is 0 Å². The van der Waals surface area contributed by atoms with Gasteiger partial charge < -0.3 is 4.74 Å². The topological polar surface area (TPSA) is 87.6 Å². The Hall–Kier alpha value is -1.32. The van der Waals surface area contributed by atoms with E-state index in [4.69, 9.17) is 8.47 Å². The Balaban J connectivity index is 2.05. The molecule has 0 spiro atoms. The lowest BCUT2D eigenvalue weighted by Gasteiger charge is -2.14. The fourth-order valence-corrected chi connectivity index (χ4v) is 6.93. The predicted molar refractivity (Wildman–Crippen MR) is 92.5 cm³/mol. The highest BCUT2D eigenvalue weighted by Crippen LogP contribution is 2.52. The summed E-state index contributed by atoms with van der Waals surface area (Å²) in [5, 5.41) is 0. The normalized spacial score (nSPS) is 17.6. The Bertz CT molecular complexity index is 841. The van der Waals surface area contributed by atoms with Gasteiger partial charge in [-0.25, -0.2) is 0 Å². The Labute approximate surface area is 154 Å². The standard InChI is InChI=1S/C17H15ClO5S2/c1-12-7-9-13(10-8-12)16-11-17(25(24-16)23-18(19,20)21)14-5-3-4-6-15(14)22-2/h3-11H,1-2H3. The molecule has 0 radical (unpaired) electrons. The maximum atomic E-state index is 11.1. The second-order valence-electron chi connectivity index (χ2n) is 5.20. The first-order chi connectivity index (χ1) is 11.9. The Morgan fingerprint density at radius 3 is 2.32 bits per heavy atom. The molecule has 8 heteroatoms. The summed E-state index contributed by atoms with van der Waals surface area (Å²) in [5.41, 5.74) is 2.75. The molecule has 0 saturated heterocycles. The van der Waals surface area contributed by atoms with E-state index in [-0.39, 0.29) is 0 Å². The van der Waals surface area contributed by atoms with E-state index in [1.807, 2.05) is 49.4 Å². The Morgan fingerprint density at radius 1 is 1.00 bits per heavy atom. The molecule has 2 aromatic rings. The van der Waals surface area contributed by atoms with Gasteiger partial charge in [0.25, 0.3) is 0 Å². The summed E-state index contributed by atoms with van der Waals surface area (Å²) >= 11 is 0. The SMILES string of the molecule is COc1ccccc1C1=S(O[Cl+3]([O-])([O-])[O-])SC(c2ccc(C)cc2)=C1. The van der Waals surface area contributed by atoms with E-state index in [2.05, 4.69) is 0 Å². The molecule has 1 aliphatic heterocycles. The number of methoxy groups -OCH3 is 1. The molecule has 132 valence electrons. The second kappa shape index (κ2) is 7.51. The van der Waals surface area contributed by atoms with Gasteiger partial charge in [-0.2, -0.15) is 14.0 Å². The van der Waals surface area contributed by atoms with Gasteiger partial charge in [0.05, 0.1) is 22.2 Å². The van der Waals surface area contributed by atoms with E-state index in [1.165, 1.54) is 17.9 Å². The molecule has 1 unspecified atom stereocenters. The van der Waals surface area contributed by atoms with E-state index in [1.54, 1.807) is 12.1 Å². The highest BCUT2D eigenvalue weighted by atomic mass is 35.7. The van der Waals surface area contributed by atoms with Crippen LogP contribution in [0.4, 0.5) is 0 Å². The van der Waals surface area contributed by atoms with Gasteiger partial charge in [0.2, 0.25) is 0 Å². The first kappa shape index (κ1) is 18.5. The summed E-state index contributed by atoms with van der Waals surface area (Å²) in [6.07, 6.45) is 1.84. The van der Waals surface area contributed by atoms with Crippen molar-refractivity contribution in [3.8, 4) is 5.75 Å². The molecule has 0 amide bonds. The molecule has 0 bridgehead atoms. The average molecular weight is 399 g/mol. The molecular formula is C17H15ClO5S2. The molecule has 1 aliphatic rings. The van der Waals surface area contributed by atoms with Crippen LogP contribution in [-0.2, 0) is 3.74 Å². The van der Waals surface area contributed by atoms with Crippen LogP contribution in [0.1, 0.15) is 16.7 Å². The number of aryl methyl sites for hydroxylation is 1. The van der Waals surface area contributed by atoms with Crippen LogP contribution in [-0.4, -0.2) is 12.0 Å². The van der Waals surface area contributed by atoms with E-state index < -0.39 is 20.0 Å². The zero-order valence-electron chi connectivity index (χ0n) is 13.4. The fraction of sp³-hybridized carbons (Fsp3) is 0.118. The van der Waals surface area contributed by atoms with Crippen molar-refractivity contribution < 1.29 is 32.7 Å². The summed E-state index contributed by atoms with van der Waals surface area (Å²) in [5.74, 6) is 0.584. The number of hydrogen-bond acceptors (Lipinski definition) is 6. The molecule has 5 nitrogen and oxygen atoms in total. The largest absolute Gasteiger partial charge is 0.496 e. The molecule has 0 N–H and O–H groups in total. The molecule has 3 rings (SSSR count). The van der Waals surface area contributed by atoms with Gasteiger partial charge >= 0.3 is 0 Å².